The second-order valence-electron chi connectivity index (χ2n) is 8.32. The summed E-state index contributed by atoms with van der Waals surface area (Å²) in [5.41, 5.74) is 2.47. The lowest BCUT2D eigenvalue weighted by Crippen LogP contribution is -2.47. The van der Waals surface area contributed by atoms with Crippen molar-refractivity contribution in [3.05, 3.63) is 35.4 Å². The van der Waals surface area contributed by atoms with E-state index in [1.807, 2.05) is 6.92 Å². The molecule has 2 saturated heterocycles. The zero-order chi connectivity index (χ0) is 18.2. The minimum absolute atomic E-state index is 0.0229. The second kappa shape index (κ2) is 7.06. The first-order valence-electron chi connectivity index (χ1n) is 9.14. The monoisotopic (exact) mass is 346 g/mol. The highest BCUT2D eigenvalue weighted by Gasteiger charge is 2.50. The van der Waals surface area contributed by atoms with Crippen molar-refractivity contribution in [2.75, 3.05) is 13.1 Å². The van der Waals surface area contributed by atoms with Gasteiger partial charge >= 0.3 is 0 Å². The van der Waals surface area contributed by atoms with Crippen molar-refractivity contribution in [1.82, 2.24) is 10.2 Å². The summed E-state index contributed by atoms with van der Waals surface area (Å²) in [7, 11) is 0. The molecule has 1 aromatic rings. The minimum Gasteiger partial charge on any atom is -0.354 e. The lowest BCUT2D eigenvalue weighted by atomic mass is 9.90. The molecule has 25 heavy (non-hydrogen) atoms. The van der Waals surface area contributed by atoms with Gasteiger partial charge in [-0.25, -0.2) is 0 Å². The van der Waals surface area contributed by atoms with E-state index in [1.165, 1.54) is 11.1 Å². The van der Waals surface area contributed by atoms with Crippen LogP contribution in [0.15, 0.2) is 24.3 Å². The molecule has 0 bridgehead atoms. The summed E-state index contributed by atoms with van der Waals surface area (Å²) in [5, 5.41) is 2.92. The topological polar surface area (TPSA) is 54.1 Å². The molecule has 0 aliphatic carbocycles. The maximum Gasteiger partial charge on any atom is 0.217 e. The van der Waals surface area contributed by atoms with Gasteiger partial charge < -0.3 is 14.8 Å². The average molecular weight is 346 g/mol. The van der Waals surface area contributed by atoms with Gasteiger partial charge in [-0.05, 0) is 45.2 Å². The van der Waals surface area contributed by atoms with Gasteiger partial charge in [0.2, 0.25) is 5.91 Å². The van der Waals surface area contributed by atoms with Crippen molar-refractivity contribution >= 4 is 5.91 Å². The Morgan fingerprint density at radius 3 is 2.52 bits per heavy atom. The fourth-order valence-electron chi connectivity index (χ4n) is 3.39. The molecule has 5 heteroatoms. The number of likely N-dealkylation sites (tertiary alicyclic amines) is 1. The molecule has 2 aliphatic rings. The number of ether oxygens (including phenoxy) is 2. The maximum absolute atomic E-state index is 11.1. The Labute approximate surface area is 150 Å². The van der Waals surface area contributed by atoms with Crippen LogP contribution in [-0.4, -0.2) is 48.1 Å². The predicted molar refractivity (Wildman–Crippen MR) is 97.2 cm³/mol. The molecule has 3 atom stereocenters. The molecule has 0 spiro atoms. The number of hydrogen-bond donors (Lipinski definition) is 1. The molecule has 0 saturated carbocycles. The Bertz CT molecular complexity index is 602. The van der Waals surface area contributed by atoms with Crippen LogP contribution >= 0.6 is 0 Å². The van der Waals surface area contributed by atoms with Gasteiger partial charge in [0.1, 0.15) is 0 Å². The SMILES string of the molecule is CC(=O)NC(C)Cc1ccc(C2CN(C3OC3OC(C)(C)C)C2)cc1. The van der Waals surface area contributed by atoms with E-state index in [9.17, 15) is 4.79 Å². The smallest absolute Gasteiger partial charge is 0.217 e. The summed E-state index contributed by atoms with van der Waals surface area (Å²) in [6, 6.07) is 8.95. The van der Waals surface area contributed by atoms with Crippen molar-refractivity contribution in [3.63, 3.8) is 0 Å². The standard InChI is InChI=1S/C20H30N2O3/c1-13(21-14(2)23)10-15-6-8-16(9-7-15)17-11-22(12-17)18-19(24-18)25-20(3,4)5/h6-9,13,17-19H,10-12H2,1-5H3,(H,21,23). The molecule has 1 N–H and O–H groups in total. The van der Waals surface area contributed by atoms with Crippen LogP contribution in [0.4, 0.5) is 0 Å². The third kappa shape index (κ3) is 5.03. The van der Waals surface area contributed by atoms with Crippen LogP contribution in [0, 0.1) is 0 Å². The van der Waals surface area contributed by atoms with E-state index in [4.69, 9.17) is 9.47 Å². The van der Waals surface area contributed by atoms with E-state index in [0.717, 1.165) is 19.5 Å². The van der Waals surface area contributed by atoms with Gasteiger partial charge in [-0.15, -0.1) is 0 Å². The highest BCUT2D eigenvalue weighted by molar-refractivity contribution is 5.73. The van der Waals surface area contributed by atoms with Crippen molar-refractivity contribution in [1.29, 1.82) is 0 Å². The number of carbonyl (C=O) groups excluding carboxylic acids is 1. The number of benzene rings is 1. The first-order valence-corrected chi connectivity index (χ1v) is 9.14. The van der Waals surface area contributed by atoms with Crippen molar-refractivity contribution in [2.24, 2.45) is 0 Å². The molecule has 0 aromatic heterocycles. The lowest BCUT2D eigenvalue weighted by molar-refractivity contribution is -0.119. The molecule has 1 amide bonds. The third-order valence-corrected chi connectivity index (χ3v) is 4.61. The van der Waals surface area contributed by atoms with E-state index >= 15 is 0 Å². The zero-order valence-electron chi connectivity index (χ0n) is 15.9. The van der Waals surface area contributed by atoms with Crippen LogP contribution < -0.4 is 5.32 Å². The Hall–Kier alpha value is -1.43. The summed E-state index contributed by atoms with van der Waals surface area (Å²) >= 11 is 0. The van der Waals surface area contributed by atoms with Gasteiger partial charge in [-0.2, -0.15) is 0 Å². The van der Waals surface area contributed by atoms with Gasteiger partial charge in [0.05, 0.1) is 5.60 Å². The van der Waals surface area contributed by atoms with Gasteiger partial charge in [0.15, 0.2) is 12.5 Å². The summed E-state index contributed by atoms with van der Waals surface area (Å²) in [4.78, 5) is 13.4. The van der Waals surface area contributed by atoms with Gasteiger partial charge in [-0.1, -0.05) is 24.3 Å². The number of nitrogens with one attached hydrogen (secondary N) is 1. The van der Waals surface area contributed by atoms with E-state index in [-0.39, 0.29) is 30.1 Å². The molecule has 5 nitrogen and oxygen atoms in total. The zero-order valence-corrected chi connectivity index (χ0v) is 15.9. The summed E-state index contributed by atoms with van der Waals surface area (Å²) in [6.45, 7) is 11.8. The number of amides is 1. The van der Waals surface area contributed by atoms with Crippen molar-refractivity contribution in [3.8, 4) is 0 Å². The number of carbonyl (C=O) groups is 1. The summed E-state index contributed by atoms with van der Waals surface area (Å²) in [5.74, 6) is 0.594. The largest absolute Gasteiger partial charge is 0.354 e. The fraction of sp³-hybridized carbons (Fsp3) is 0.650. The van der Waals surface area contributed by atoms with Crippen LogP contribution in [-0.2, 0) is 20.7 Å². The van der Waals surface area contributed by atoms with Crippen molar-refractivity contribution < 1.29 is 14.3 Å². The normalized spacial score (nSPS) is 25.3. The average Bonchev–Trinajstić information content (AvgIpc) is 3.14. The van der Waals surface area contributed by atoms with Crippen LogP contribution in [0.1, 0.15) is 51.7 Å². The Morgan fingerprint density at radius 2 is 1.96 bits per heavy atom. The van der Waals surface area contributed by atoms with Crippen LogP contribution in [0.5, 0.6) is 0 Å². The molecule has 138 valence electrons. The maximum atomic E-state index is 11.1. The van der Waals surface area contributed by atoms with E-state index < -0.39 is 0 Å². The van der Waals surface area contributed by atoms with E-state index in [0.29, 0.717) is 5.92 Å². The minimum atomic E-state index is -0.159. The Kier molecular flexibility index (Phi) is 5.19. The highest BCUT2D eigenvalue weighted by atomic mass is 16.8. The Morgan fingerprint density at radius 1 is 1.32 bits per heavy atom. The number of nitrogens with zero attached hydrogens (tertiary/aromatic N) is 1. The quantitative estimate of drug-likeness (QED) is 0.805. The molecule has 3 rings (SSSR count). The van der Waals surface area contributed by atoms with E-state index in [1.54, 1.807) is 6.92 Å². The molecule has 2 fully saturated rings. The summed E-state index contributed by atoms with van der Waals surface area (Å²) < 4.78 is 11.5. The highest BCUT2D eigenvalue weighted by Crippen LogP contribution is 2.38. The summed E-state index contributed by atoms with van der Waals surface area (Å²) in [6.07, 6.45) is 0.921. The number of rotatable bonds is 6. The van der Waals surface area contributed by atoms with Gasteiger partial charge in [0, 0.05) is 32.0 Å². The van der Waals surface area contributed by atoms with Crippen LogP contribution in [0.2, 0.25) is 0 Å². The van der Waals surface area contributed by atoms with Gasteiger partial charge in [0.25, 0.3) is 0 Å². The number of hydrogen-bond acceptors (Lipinski definition) is 4. The molecular weight excluding hydrogens is 316 g/mol. The lowest BCUT2D eigenvalue weighted by Gasteiger charge is -2.38. The predicted octanol–water partition coefficient (Wildman–Crippen LogP) is 2.65. The van der Waals surface area contributed by atoms with Crippen molar-refractivity contribution in [2.45, 2.75) is 71.1 Å². The van der Waals surface area contributed by atoms with Crippen LogP contribution in [0.3, 0.4) is 0 Å². The molecule has 2 heterocycles. The third-order valence-electron chi connectivity index (χ3n) is 4.61. The van der Waals surface area contributed by atoms with Gasteiger partial charge in [-0.3, -0.25) is 9.69 Å². The molecular formula is C20H30N2O3. The molecule has 0 radical (unpaired) electrons. The molecule has 1 aromatic carbocycles. The van der Waals surface area contributed by atoms with Crippen LogP contribution in [0.25, 0.3) is 0 Å². The molecule has 2 aliphatic heterocycles. The first kappa shape index (κ1) is 18.4. The fourth-order valence-corrected chi connectivity index (χ4v) is 3.39. The molecule has 3 unspecified atom stereocenters. The van der Waals surface area contributed by atoms with E-state index in [2.05, 4.69) is 55.3 Å². The first-order chi connectivity index (χ1) is 11.7. The Balaban J connectivity index is 1.44. The number of epoxide rings is 1. The second-order valence-corrected chi connectivity index (χ2v) is 8.32.